The number of hydrogen-bond acceptors (Lipinski definition) is 6. The van der Waals surface area contributed by atoms with Crippen LogP contribution in [0.1, 0.15) is 10.6 Å². The molecular formula is C16H12N4OS2. The summed E-state index contributed by atoms with van der Waals surface area (Å²) in [6.07, 6.45) is 1.82. The van der Waals surface area contributed by atoms with Crippen LogP contribution in [0.25, 0.3) is 22.5 Å². The van der Waals surface area contributed by atoms with E-state index in [1.165, 1.54) is 11.8 Å². The predicted molar refractivity (Wildman–Crippen MR) is 92.6 cm³/mol. The fourth-order valence-corrected chi connectivity index (χ4v) is 3.18. The molecule has 5 nitrogen and oxygen atoms in total. The van der Waals surface area contributed by atoms with Crippen LogP contribution >= 0.6 is 23.1 Å². The highest BCUT2D eigenvalue weighted by molar-refractivity contribution is 7.98. The van der Waals surface area contributed by atoms with Crippen molar-refractivity contribution in [2.45, 2.75) is 12.1 Å². The lowest BCUT2D eigenvalue weighted by atomic mass is 10.0. The molecular weight excluding hydrogens is 328 g/mol. The highest BCUT2D eigenvalue weighted by Crippen LogP contribution is 2.27. The predicted octanol–water partition coefficient (Wildman–Crippen LogP) is 3.46. The summed E-state index contributed by atoms with van der Waals surface area (Å²) in [6.45, 7) is 1.95. The minimum atomic E-state index is -0.420. The first-order chi connectivity index (χ1) is 11.1. The Kier molecular flexibility index (Phi) is 4.28. The lowest BCUT2D eigenvalue weighted by molar-refractivity contribution is 0.937. The van der Waals surface area contributed by atoms with Gasteiger partial charge in [-0.05, 0) is 19.2 Å². The van der Waals surface area contributed by atoms with Crippen molar-refractivity contribution >= 4 is 23.1 Å². The molecule has 1 N–H and O–H groups in total. The second-order valence-corrected chi connectivity index (χ2v) is 6.60. The lowest BCUT2D eigenvalue weighted by Gasteiger charge is -2.06. The molecule has 0 aliphatic heterocycles. The number of aromatic amines is 1. The Morgan fingerprint density at radius 1 is 1.30 bits per heavy atom. The quantitative estimate of drug-likeness (QED) is 0.583. The topological polar surface area (TPSA) is 82.4 Å². The number of aryl methyl sites for hydroxylation is 1. The molecule has 0 radical (unpaired) electrons. The third-order valence-electron chi connectivity index (χ3n) is 3.25. The van der Waals surface area contributed by atoms with Gasteiger partial charge < -0.3 is 4.98 Å². The van der Waals surface area contributed by atoms with Gasteiger partial charge in [-0.1, -0.05) is 30.0 Å². The van der Waals surface area contributed by atoms with E-state index < -0.39 is 5.56 Å². The highest BCUT2D eigenvalue weighted by Gasteiger charge is 2.14. The average Bonchev–Trinajstić information content (AvgIpc) is 3.00. The van der Waals surface area contributed by atoms with Crippen LogP contribution in [-0.4, -0.2) is 21.2 Å². The van der Waals surface area contributed by atoms with Crippen molar-refractivity contribution in [1.29, 1.82) is 5.26 Å². The normalized spacial score (nSPS) is 10.5. The van der Waals surface area contributed by atoms with E-state index in [4.69, 9.17) is 0 Å². The summed E-state index contributed by atoms with van der Waals surface area (Å²) >= 11 is 2.91. The molecule has 0 saturated heterocycles. The molecule has 0 spiro atoms. The SMILES string of the molecule is CSc1nc(-c2cccc(-c3csc(C)n3)c2)c(C#N)c(=O)[nH]1. The van der Waals surface area contributed by atoms with E-state index in [0.717, 1.165) is 21.8 Å². The zero-order valence-corrected chi connectivity index (χ0v) is 14.1. The van der Waals surface area contributed by atoms with E-state index in [1.807, 2.05) is 48.9 Å². The molecule has 1 aromatic carbocycles. The summed E-state index contributed by atoms with van der Waals surface area (Å²) < 4.78 is 0. The van der Waals surface area contributed by atoms with Gasteiger partial charge in [-0.2, -0.15) is 5.26 Å². The van der Waals surface area contributed by atoms with Crippen LogP contribution in [0, 0.1) is 18.3 Å². The van der Waals surface area contributed by atoms with Crippen molar-refractivity contribution in [2.24, 2.45) is 0 Å². The molecule has 23 heavy (non-hydrogen) atoms. The van der Waals surface area contributed by atoms with E-state index in [0.29, 0.717) is 10.9 Å². The van der Waals surface area contributed by atoms with Crippen LogP contribution in [0.3, 0.4) is 0 Å². The molecule has 2 aromatic heterocycles. The monoisotopic (exact) mass is 340 g/mol. The zero-order valence-electron chi connectivity index (χ0n) is 12.5. The van der Waals surface area contributed by atoms with E-state index in [2.05, 4.69) is 15.0 Å². The first-order valence-corrected chi connectivity index (χ1v) is 8.84. The van der Waals surface area contributed by atoms with Crippen LogP contribution in [0.2, 0.25) is 0 Å². The molecule has 0 amide bonds. The van der Waals surface area contributed by atoms with Crippen molar-refractivity contribution in [3.63, 3.8) is 0 Å². The van der Waals surface area contributed by atoms with Crippen LogP contribution in [0.5, 0.6) is 0 Å². The summed E-state index contributed by atoms with van der Waals surface area (Å²) in [6, 6.07) is 9.52. The number of rotatable bonds is 3. The Hall–Kier alpha value is -2.43. The molecule has 0 fully saturated rings. The number of nitrogens with one attached hydrogen (secondary N) is 1. The fourth-order valence-electron chi connectivity index (χ4n) is 2.18. The zero-order chi connectivity index (χ0) is 16.4. The maximum atomic E-state index is 12.0. The third-order valence-corrected chi connectivity index (χ3v) is 4.61. The molecule has 3 aromatic rings. The second-order valence-electron chi connectivity index (χ2n) is 4.74. The van der Waals surface area contributed by atoms with Crippen molar-refractivity contribution in [3.05, 3.63) is 50.6 Å². The van der Waals surface area contributed by atoms with Crippen LogP contribution in [0.15, 0.2) is 39.6 Å². The molecule has 7 heteroatoms. The Morgan fingerprint density at radius 3 is 2.74 bits per heavy atom. The maximum absolute atomic E-state index is 12.0. The number of nitrogens with zero attached hydrogens (tertiary/aromatic N) is 3. The van der Waals surface area contributed by atoms with Gasteiger partial charge in [-0.25, -0.2) is 9.97 Å². The minimum Gasteiger partial charge on any atom is -0.300 e. The van der Waals surface area contributed by atoms with Crippen molar-refractivity contribution in [3.8, 4) is 28.6 Å². The molecule has 114 valence electrons. The molecule has 0 unspecified atom stereocenters. The number of hydrogen-bond donors (Lipinski definition) is 1. The van der Waals surface area contributed by atoms with Crippen molar-refractivity contribution < 1.29 is 0 Å². The van der Waals surface area contributed by atoms with Crippen LogP contribution in [-0.2, 0) is 0 Å². The van der Waals surface area contributed by atoms with Gasteiger partial charge in [0.15, 0.2) is 5.16 Å². The average molecular weight is 340 g/mol. The molecule has 0 aliphatic carbocycles. The number of benzene rings is 1. The minimum absolute atomic E-state index is 0.0226. The van der Waals surface area contributed by atoms with Crippen molar-refractivity contribution in [1.82, 2.24) is 15.0 Å². The fraction of sp³-hybridized carbons (Fsp3) is 0.125. The summed E-state index contributed by atoms with van der Waals surface area (Å²) in [7, 11) is 0. The number of nitriles is 1. The van der Waals surface area contributed by atoms with Gasteiger partial charge in [0.05, 0.1) is 16.4 Å². The van der Waals surface area contributed by atoms with Gasteiger partial charge in [0.2, 0.25) is 0 Å². The van der Waals surface area contributed by atoms with E-state index >= 15 is 0 Å². The number of H-pyrrole nitrogens is 1. The highest BCUT2D eigenvalue weighted by atomic mass is 32.2. The number of thioether (sulfide) groups is 1. The number of thiazole rings is 1. The molecule has 0 aliphatic rings. The third kappa shape index (κ3) is 3.04. The lowest BCUT2D eigenvalue weighted by Crippen LogP contribution is -2.14. The summed E-state index contributed by atoms with van der Waals surface area (Å²) in [5.41, 5.74) is 2.54. The van der Waals surface area contributed by atoms with Crippen LogP contribution < -0.4 is 5.56 Å². The Balaban J connectivity index is 2.18. The molecule has 2 heterocycles. The second kappa shape index (κ2) is 6.36. The molecule has 0 bridgehead atoms. The Morgan fingerprint density at radius 2 is 2.09 bits per heavy atom. The smallest absolute Gasteiger partial charge is 0.270 e. The first-order valence-electron chi connectivity index (χ1n) is 6.73. The van der Waals surface area contributed by atoms with Crippen molar-refractivity contribution in [2.75, 3.05) is 6.26 Å². The van der Waals surface area contributed by atoms with Crippen LogP contribution in [0.4, 0.5) is 0 Å². The van der Waals surface area contributed by atoms with Gasteiger partial charge in [0, 0.05) is 16.5 Å². The summed E-state index contributed by atoms with van der Waals surface area (Å²) in [4.78, 5) is 23.5. The summed E-state index contributed by atoms with van der Waals surface area (Å²) in [5.74, 6) is 0. The largest absolute Gasteiger partial charge is 0.300 e. The Bertz CT molecular complexity index is 969. The maximum Gasteiger partial charge on any atom is 0.270 e. The van der Waals surface area contributed by atoms with Gasteiger partial charge >= 0.3 is 0 Å². The van der Waals surface area contributed by atoms with E-state index in [-0.39, 0.29) is 5.56 Å². The number of aromatic nitrogens is 3. The first kappa shape index (κ1) is 15.5. The van der Waals surface area contributed by atoms with E-state index in [1.54, 1.807) is 11.3 Å². The standard InChI is InChI=1S/C16H12N4OS2/c1-9-18-13(8-23-9)10-4-3-5-11(6-10)14-12(7-17)15(21)20-16(19-14)22-2/h3-6,8H,1-2H3,(H,19,20,21). The van der Waals surface area contributed by atoms with Gasteiger partial charge in [0.25, 0.3) is 5.56 Å². The molecule has 0 saturated carbocycles. The molecule has 3 rings (SSSR count). The molecule has 0 atom stereocenters. The Labute approximate surface area is 141 Å². The summed E-state index contributed by atoms with van der Waals surface area (Å²) in [5, 5.41) is 12.7. The van der Waals surface area contributed by atoms with E-state index in [9.17, 15) is 10.1 Å². The van der Waals surface area contributed by atoms with Gasteiger partial charge in [-0.3, -0.25) is 4.79 Å². The van der Waals surface area contributed by atoms with Gasteiger partial charge in [0.1, 0.15) is 11.6 Å². The van der Waals surface area contributed by atoms with Gasteiger partial charge in [-0.15, -0.1) is 11.3 Å².